The molecule has 0 radical (unpaired) electrons. The van der Waals surface area contributed by atoms with Crippen LogP contribution in [0.5, 0.6) is 0 Å². The van der Waals surface area contributed by atoms with Gasteiger partial charge in [-0.25, -0.2) is 18.4 Å². The van der Waals surface area contributed by atoms with E-state index in [1.54, 1.807) is 17.7 Å². The number of halogens is 2. The van der Waals surface area contributed by atoms with E-state index in [4.69, 9.17) is 23.2 Å². The fraction of sp³-hybridized carbons (Fsp3) is 0.429. The minimum absolute atomic E-state index is 0.167. The van der Waals surface area contributed by atoms with Gasteiger partial charge in [0.05, 0.1) is 20.3 Å². The first-order valence-corrected chi connectivity index (χ1v) is 13.3. The average Bonchev–Trinajstić information content (AvgIpc) is 3.13. The van der Waals surface area contributed by atoms with Gasteiger partial charge >= 0.3 is 0 Å². The average molecular weight is 497 g/mol. The van der Waals surface area contributed by atoms with Crippen molar-refractivity contribution in [3.05, 3.63) is 45.0 Å². The van der Waals surface area contributed by atoms with E-state index < -0.39 is 10.0 Å². The van der Waals surface area contributed by atoms with E-state index in [0.29, 0.717) is 37.1 Å². The van der Waals surface area contributed by atoms with Gasteiger partial charge in [-0.05, 0) is 48.9 Å². The maximum Gasteiger partial charge on any atom is 0.243 e. The van der Waals surface area contributed by atoms with Crippen molar-refractivity contribution in [1.29, 1.82) is 0 Å². The van der Waals surface area contributed by atoms with Crippen LogP contribution in [-0.4, -0.2) is 48.9 Å². The molecule has 31 heavy (non-hydrogen) atoms. The van der Waals surface area contributed by atoms with Gasteiger partial charge in [-0.15, -0.1) is 11.3 Å². The predicted octanol–water partition coefficient (Wildman–Crippen LogP) is 4.63. The summed E-state index contributed by atoms with van der Waals surface area (Å²) in [5.74, 6) is 1.59. The highest BCUT2D eigenvalue weighted by Gasteiger charge is 2.31. The molecule has 6 nitrogen and oxygen atoms in total. The molecule has 2 aliphatic rings. The minimum atomic E-state index is -3.63. The molecule has 0 N–H and O–H groups in total. The number of sulfonamides is 1. The quantitative estimate of drug-likeness (QED) is 0.528. The monoisotopic (exact) mass is 496 g/mol. The van der Waals surface area contributed by atoms with Crippen LogP contribution in [0.3, 0.4) is 0 Å². The van der Waals surface area contributed by atoms with Crippen LogP contribution in [0, 0.1) is 5.92 Å². The summed E-state index contributed by atoms with van der Waals surface area (Å²) >= 11 is 13.8. The van der Waals surface area contributed by atoms with Gasteiger partial charge in [0.1, 0.15) is 17.0 Å². The number of benzene rings is 1. The Bertz CT molecular complexity index is 1250. The fourth-order valence-electron chi connectivity index (χ4n) is 4.43. The number of fused-ring (bicyclic) bond motifs is 3. The van der Waals surface area contributed by atoms with Gasteiger partial charge in [0, 0.05) is 31.1 Å². The first kappa shape index (κ1) is 21.4. The molecule has 0 amide bonds. The molecule has 0 bridgehead atoms. The van der Waals surface area contributed by atoms with Crippen molar-refractivity contribution in [2.24, 2.45) is 5.92 Å². The summed E-state index contributed by atoms with van der Waals surface area (Å²) in [4.78, 5) is 14.0. The number of rotatable bonds is 3. The molecule has 10 heteroatoms. The standard InChI is InChI=1S/C21H22Cl2N4O2S2/c1-13-2-5-18-15(10-13)19-20(24-12-25-21(19)30-18)26-6-8-27(9-7-26)31(28,29)14-3-4-16(22)17(23)11-14/h3-4,11-13H,2,5-10H2,1H3/t13-/m0/s1. The zero-order chi connectivity index (χ0) is 21.8. The van der Waals surface area contributed by atoms with Crippen molar-refractivity contribution in [3.8, 4) is 0 Å². The van der Waals surface area contributed by atoms with Crippen LogP contribution in [0.1, 0.15) is 23.8 Å². The molecule has 1 aliphatic heterocycles. The van der Waals surface area contributed by atoms with Gasteiger partial charge < -0.3 is 4.90 Å². The van der Waals surface area contributed by atoms with Crippen molar-refractivity contribution in [2.75, 3.05) is 31.1 Å². The molecule has 0 spiro atoms. The normalized spacial score (nSPS) is 20.2. The van der Waals surface area contributed by atoms with Crippen LogP contribution in [0.4, 0.5) is 5.82 Å². The maximum atomic E-state index is 13.1. The first-order valence-electron chi connectivity index (χ1n) is 10.3. The molecule has 0 unspecified atom stereocenters. The van der Waals surface area contributed by atoms with E-state index in [-0.39, 0.29) is 9.92 Å². The van der Waals surface area contributed by atoms with E-state index in [1.165, 1.54) is 39.4 Å². The second-order valence-electron chi connectivity index (χ2n) is 8.20. The number of anilines is 1. The van der Waals surface area contributed by atoms with E-state index in [2.05, 4.69) is 21.8 Å². The first-order chi connectivity index (χ1) is 14.8. The van der Waals surface area contributed by atoms with Gasteiger partial charge in [-0.1, -0.05) is 30.1 Å². The smallest absolute Gasteiger partial charge is 0.243 e. The molecule has 1 fully saturated rings. The molecule has 164 valence electrons. The third-order valence-electron chi connectivity index (χ3n) is 6.13. The Kier molecular flexibility index (Phi) is 5.63. The predicted molar refractivity (Wildman–Crippen MR) is 126 cm³/mol. The highest BCUT2D eigenvalue weighted by atomic mass is 35.5. The van der Waals surface area contributed by atoms with E-state index in [9.17, 15) is 8.42 Å². The largest absolute Gasteiger partial charge is 0.353 e. The maximum absolute atomic E-state index is 13.1. The molecule has 3 heterocycles. The van der Waals surface area contributed by atoms with E-state index >= 15 is 0 Å². The Morgan fingerprint density at radius 3 is 2.61 bits per heavy atom. The number of hydrogen-bond donors (Lipinski definition) is 0. The summed E-state index contributed by atoms with van der Waals surface area (Å²) in [6.45, 7) is 4.22. The summed E-state index contributed by atoms with van der Waals surface area (Å²) < 4.78 is 27.7. The third kappa shape index (κ3) is 3.82. The highest BCUT2D eigenvalue weighted by molar-refractivity contribution is 7.89. The lowest BCUT2D eigenvalue weighted by Crippen LogP contribution is -2.49. The zero-order valence-corrected chi connectivity index (χ0v) is 20.2. The molecule has 3 aromatic rings. The fourth-order valence-corrected chi connectivity index (χ4v) is 7.42. The molecule has 1 aromatic carbocycles. The number of thiophene rings is 1. The lowest BCUT2D eigenvalue weighted by molar-refractivity contribution is 0.384. The number of hydrogen-bond acceptors (Lipinski definition) is 6. The van der Waals surface area contributed by atoms with Crippen LogP contribution in [0.25, 0.3) is 10.2 Å². The van der Waals surface area contributed by atoms with Crippen LogP contribution in [-0.2, 0) is 22.9 Å². The Balaban J connectivity index is 1.40. The van der Waals surface area contributed by atoms with Crippen molar-refractivity contribution < 1.29 is 8.42 Å². The molecule has 1 saturated heterocycles. The van der Waals surface area contributed by atoms with E-state index in [0.717, 1.165) is 28.9 Å². The van der Waals surface area contributed by atoms with Crippen molar-refractivity contribution in [3.63, 3.8) is 0 Å². The van der Waals surface area contributed by atoms with Crippen LogP contribution in [0.2, 0.25) is 10.0 Å². The molecular formula is C21H22Cl2N4O2S2. The van der Waals surface area contributed by atoms with Gasteiger partial charge in [0.15, 0.2) is 0 Å². The summed E-state index contributed by atoms with van der Waals surface area (Å²) in [6.07, 6.45) is 5.00. The summed E-state index contributed by atoms with van der Waals surface area (Å²) in [6, 6.07) is 4.44. The number of aryl methyl sites for hydroxylation is 1. The van der Waals surface area contributed by atoms with Gasteiger partial charge in [-0.2, -0.15) is 4.31 Å². The second kappa shape index (κ2) is 8.15. The molecule has 1 aliphatic carbocycles. The lowest BCUT2D eigenvalue weighted by atomic mass is 9.88. The summed E-state index contributed by atoms with van der Waals surface area (Å²) in [5, 5.41) is 1.74. The van der Waals surface area contributed by atoms with Gasteiger partial charge in [0.25, 0.3) is 0 Å². The topological polar surface area (TPSA) is 66.4 Å². The van der Waals surface area contributed by atoms with Crippen molar-refractivity contribution >= 4 is 60.6 Å². The van der Waals surface area contributed by atoms with Crippen molar-refractivity contribution in [1.82, 2.24) is 14.3 Å². The minimum Gasteiger partial charge on any atom is -0.353 e. The van der Waals surface area contributed by atoms with Crippen molar-refractivity contribution in [2.45, 2.75) is 31.1 Å². The molecule has 2 aromatic heterocycles. The zero-order valence-electron chi connectivity index (χ0n) is 17.0. The molecular weight excluding hydrogens is 475 g/mol. The third-order valence-corrected chi connectivity index (χ3v) is 9.97. The molecule has 5 rings (SSSR count). The van der Waals surface area contributed by atoms with Crippen LogP contribution < -0.4 is 4.90 Å². The van der Waals surface area contributed by atoms with Crippen LogP contribution >= 0.6 is 34.5 Å². The second-order valence-corrected chi connectivity index (χ2v) is 12.0. The number of piperazine rings is 1. The van der Waals surface area contributed by atoms with E-state index in [1.807, 2.05) is 0 Å². The Labute approximate surface area is 195 Å². The number of aromatic nitrogens is 2. The SMILES string of the molecule is C[C@H]1CCc2sc3ncnc(N4CCN(S(=O)(=O)c5ccc(Cl)c(Cl)c5)CC4)c3c2C1. The lowest BCUT2D eigenvalue weighted by Gasteiger charge is -2.35. The molecule has 1 atom stereocenters. The Morgan fingerprint density at radius 1 is 1.10 bits per heavy atom. The highest BCUT2D eigenvalue weighted by Crippen LogP contribution is 2.41. The Morgan fingerprint density at radius 2 is 1.87 bits per heavy atom. The van der Waals surface area contributed by atoms with Gasteiger partial charge in [0.2, 0.25) is 10.0 Å². The Hall–Kier alpha value is -1.45. The summed E-state index contributed by atoms with van der Waals surface area (Å²) in [5.41, 5.74) is 1.39. The molecule has 0 saturated carbocycles. The number of nitrogens with zero attached hydrogens (tertiary/aromatic N) is 4. The summed E-state index contributed by atoms with van der Waals surface area (Å²) in [7, 11) is -3.63. The van der Waals surface area contributed by atoms with Crippen LogP contribution in [0.15, 0.2) is 29.4 Å². The van der Waals surface area contributed by atoms with Gasteiger partial charge in [-0.3, -0.25) is 0 Å².